The molecule has 2 amide bonds. The fourth-order valence-corrected chi connectivity index (χ4v) is 1.97. The van der Waals surface area contributed by atoms with Gasteiger partial charge in [0.15, 0.2) is 0 Å². The van der Waals surface area contributed by atoms with Crippen LogP contribution in [-0.4, -0.2) is 38.4 Å². The van der Waals surface area contributed by atoms with E-state index in [9.17, 15) is 9.59 Å². The minimum atomic E-state index is -0.0370. The Morgan fingerprint density at radius 1 is 1.24 bits per heavy atom. The van der Waals surface area contributed by atoms with Crippen molar-refractivity contribution in [3.05, 3.63) is 12.2 Å². The highest BCUT2D eigenvalue weighted by Crippen LogP contribution is 2.13. The Balaban J connectivity index is 1.83. The van der Waals surface area contributed by atoms with E-state index in [2.05, 4.69) is 15.2 Å². The third-order valence-corrected chi connectivity index (χ3v) is 2.89. The number of rotatable bonds is 4. The predicted molar refractivity (Wildman–Crippen MR) is 59.9 cm³/mol. The molecule has 6 nitrogen and oxygen atoms in total. The fourth-order valence-electron chi connectivity index (χ4n) is 1.97. The molecular weight excluding hydrogens is 220 g/mol. The Bertz CT molecular complexity index is 370. The lowest BCUT2D eigenvalue weighted by Crippen LogP contribution is -2.36. The van der Waals surface area contributed by atoms with Gasteiger partial charge in [0, 0.05) is 25.8 Å². The van der Waals surface area contributed by atoms with Gasteiger partial charge in [0.25, 0.3) is 0 Å². The molecule has 92 valence electrons. The second kappa shape index (κ2) is 5.56. The van der Waals surface area contributed by atoms with Crippen LogP contribution in [0.5, 0.6) is 0 Å². The topological polar surface area (TPSA) is 79.0 Å². The highest BCUT2D eigenvalue weighted by molar-refractivity contribution is 5.95. The first-order chi connectivity index (χ1) is 8.27. The van der Waals surface area contributed by atoms with Crippen LogP contribution in [-0.2, 0) is 16.0 Å². The maximum atomic E-state index is 11.7. The number of hydrogen-bond donors (Lipinski definition) is 1. The minimum Gasteiger partial charge on any atom is -0.283 e. The zero-order chi connectivity index (χ0) is 12.1. The van der Waals surface area contributed by atoms with Crippen LogP contribution in [0, 0.1) is 0 Å². The van der Waals surface area contributed by atoms with Crippen molar-refractivity contribution >= 4 is 11.8 Å². The largest absolute Gasteiger partial charge is 0.283 e. The maximum Gasteiger partial charge on any atom is 0.229 e. The number of aromatic nitrogens is 3. The molecule has 0 saturated carbocycles. The quantitative estimate of drug-likeness (QED) is 0.779. The monoisotopic (exact) mass is 236 g/mol. The van der Waals surface area contributed by atoms with Crippen molar-refractivity contribution in [3.63, 3.8) is 0 Å². The molecule has 0 aliphatic carbocycles. The first-order valence-electron chi connectivity index (χ1n) is 5.95. The van der Waals surface area contributed by atoms with Crippen LogP contribution >= 0.6 is 0 Å². The minimum absolute atomic E-state index is 0.0370. The number of likely N-dealkylation sites (tertiary alicyclic amines) is 1. The molecule has 0 spiro atoms. The van der Waals surface area contributed by atoms with Crippen LogP contribution in [0.2, 0.25) is 0 Å². The van der Waals surface area contributed by atoms with Crippen molar-refractivity contribution in [1.29, 1.82) is 0 Å². The molecule has 6 heteroatoms. The predicted octanol–water partition coefficient (Wildman–Crippen LogP) is 0.666. The molecule has 0 atom stereocenters. The number of carbonyl (C=O) groups is 2. The van der Waals surface area contributed by atoms with Crippen LogP contribution in [0.1, 0.15) is 37.9 Å². The van der Waals surface area contributed by atoms with Gasteiger partial charge in [0.2, 0.25) is 11.8 Å². The highest BCUT2D eigenvalue weighted by atomic mass is 16.2. The number of carbonyl (C=O) groups excluding carboxylic acids is 2. The Labute approximate surface area is 99.4 Å². The van der Waals surface area contributed by atoms with E-state index in [1.807, 2.05) is 0 Å². The van der Waals surface area contributed by atoms with Gasteiger partial charge in [-0.3, -0.25) is 19.6 Å². The number of aromatic amines is 1. The van der Waals surface area contributed by atoms with Crippen molar-refractivity contribution in [3.8, 4) is 0 Å². The van der Waals surface area contributed by atoms with Crippen molar-refractivity contribution in [2.45, 2.75) is 38.5 Å². The number of nitrogens with one attached hydrogen (secondary N) is 1. The standard InChI is InChI=1S/C11H16N4O2/c16-10-5-1-2-6-11(17)15(10)7-3-4-9-12-8-13-14-9/h8H,1-7H2,(H,12,13,14). The van der Waals surface area contributed by atoms with Crippen molar-refractivity contribution in [2.24, 2.45) is 0 Å². The number of aryl methyl sites for hydroxylation is 1. The summed E-state index contributed by atoms with van der Waals surface area (Å²) in [5, 5.41) is 6.51. The molecule has 0 radical (unpaired) electrons. The first-order valence-corrected chi connectivity index (χ1v) is 5.95. The Hall–Kier alpha value is -1.72. The van der Waals surface area contributed by atoms with E-state index in [0.717, 1.165) is 25.1 Å². The van der Waals surface area contributed by atoms with Crippen molar-refractivity contribution in [1.82, 2.24) is 20.1 Å². The van der Waals surface area contributed by atoms with Gasteiger partial charge in [-0.2, -0.15) is 5.10 Å². The van der Waals surface area contributed by atoms with Gasteiger partial charge in [-0.15, -0.1) is 0 Å². The Kier molecular flexibility index (Phi) is 3.85. The summed E-state index contributed by atoms with van der Waals surface area (Å²) in [5.74, 6) is 0.717. The normalized spacial score (nSPS) is 17.3. The summed E-state index contributed by atoms with van der Waals surface area (Å²) in [5.41, 5.74) is 0. The lowest BCUT2D eigenvalue weighted by atomic mass is 10.2. The number of imide groups is 1. The zero-order valence-electron chi connectivity index (χ0n) is 9.69. The van der Waals surface area contributed by atoms with Gasteiger partial charge in [0.1, 0.15) is 12.2 Å². The van der Waals surface area contributed by atoms with E-state index in [-0.39, 0.29) is 11.8 Å². The molecule has 1 aliphatic heterocycles. The van der Waals surface area contributed by atoms with Crippen LogP contribution < -0.4 is 0 Å². The molecule has 0 aromatic carbocycles. The molecule has 1 N–H and O–H groups in total. The van der Waals surface area contributed by atoms with Crippen molar-refractivity contribution in [2.75, 3.05) is 6.54 Å². The number of nitrogens with zero attached hydrogens (tertiary/aromatic N) is 3. The molecule has 1 aliphatic rings. The Morgan fingerprint density at radius 2 is 1.94 bits per heavy atom. The van der Waals surface area contributed by atoms with Gasteiger partial charge >= 0.3 is 0 Å². The second-order valence-electron chi connectivity index (χ2n) is 4.18. The highest BCUT2D eigenvalue weighted by Gasteiger charge is 2.23. The number of hydrogen-bond acceptors (Lipinski definition) is 4. The summed E-state index contributed by atoms with van der Waals surface area (Å²) >= 11 is 0. The third kappa shape index (κ3) is 3.12. The molecule has 1 aromatic rings. The number of H-pyrrole nitrogens is 1. The van der Waals surface area contributed by atoms with E-state index in [1.165, 1.54) is 11.2 Å². The molecule has 2 rings (SSSR count). The SMILES string of the molecule is O=C1CCCCC(=O)N1CCCc1ncn[nH]1. The first kappa shape index (κ1) is 11.8. The van der Waals surface area contributed by atoms with Gasteiger partial charge in [0.05, 0.1) is 0 Å². The van der Waals surface area contributed by atoms with E-state index in [4.69, 9.17) is 0 Å². The summed E-state index contributed by atoms with van der Waals surface area (Å²) in [6.45, 7) is 0.484. The summed E-state index contributed by atoms with van der Waals surface area (Å²) in [6.07, 6.45) is 5.52. The average Bonchev–Trinajstić information content (AvgIpc) is 2.77. The molecular formula is C11H16N4O2. The summed E-state index contributed by atoms with van der Waals surface area (Å²) in [6, 6.07) is 0. The van der Waals surface area contributed by atoms with Gasteiger partial charge < -0.3 is 0 Å². The van der Waals surface area contributed by atoms with Gasteiger partial charge in [-0.1, -0.05) is 0 Å². The zero-order valence-corrected chi connectivity index (χ0v) is 9.69. The number of amides is 2. The van der Waals surface area contributed by atoms with E-state index < -0.39 is 0 Å². The summed E-state index contributed by atoms with van der Waals surface area (Å²) < 4.78 is 0. The molecule has 1 fully saturated rings. The van der Waals surface area contributed by atoms with Gasteiger partial charge in [-0.25, -0.2) is 4.98 Å². The lowest BCUT2D eigenvalue weighted by Gasteiger charge is -2.17. The van der Waals surface area contributed by atoms with Crippen LogP contribution in [0.4, 0.5) is 0 Å². The van der Waals surface area contributed by atoms with Crippen LogP contribution in [0.3, 0.4) is 0 Å². The summed E-state index contributed by atoms with van der Waals surface area (Å²) in [4.78, 5) is 28.8. The van der Waals surface area contributed by atoms with E-state index >= 15 is 0 Å². The second-order valence-corrected chi connectivity index (χ2v) is 4.18. The van der Waals surface area contributed by atoms with Crippen LogP contribution in [0.25, 0.3) is 0 Å². The Morgan fingerprint density at radius 3 is 2.53 bits per heavy atom. The molecule has 1 aromatic heterocycles. The molecule has 1 saturated heterocycles. The van der Waals surface area contributed by atoms with Crippen LogP contribution in [0.15, 0.2) is 6.33 Å². The van der Waals surface area contributed by atoms with Crippen molar-refractivity contribution < 1.29 is 9.59 Å². The third-order valence-electron chi connectivity index (χ3n) is 2.89. The molecule has 17 heavy (non-hydrogen) atoms. The molecule has 2 heterocycles. The molecule has 0 bridgehead atoms. The summed E-state index contributed by atoms with van der Waals surface area (Å²) in [7, 11) is 0. The lowest BCUT2D eigenvalue weighted by molar-refractivity contribution is -0.143. The fraction of sp³-hybridized carbons (Fsp3) is 0.636. The smallest absolute Gasteiger partial charge is 0.229 e. The molecule has 0 unspecified atom stereocenters. The van der Waals surface area contributed by atoms with E-state index in [0.29, 0.717) is 25.8 Å². The van der Waals surface area contributed by atoms with Gasteiger partial charge in [-0.05, 0) is 19.3 Å². The van der Waals surface area contributed by atoms with E-state index in [1.54, 1.807) is 0 Å². The maximum absolute atomic E-state index is 11.7. The average molecular weight is 236 g/mol.